The van der Waals surface area contributed by atoms with Crippen LogP contribution in [0.3, 0.4) is 0 Å². The molecule has 1 amide bonds. The van der Waals surface area contributed by atoms with Gasteiger partial charge in [0.2, 0.25) is 11.9 Å². The Kier molecular flexibility index (Phi) is 4.04. The molecule has 116 valence electrons. The summed E-state index contributed by atoms with van der Waals surface area (Å²) in [6, 6.07) is 8.05. The number of hydrogen-bond donors (Lipinski definition) is 0. The summed E-state index contributed by atoms with van der Waals surface area (Å²) in [4.78, 5) is 15.5. The van der Waals surface area contributed by atoms with Crippen LogP contribution in [-0.4, -0.2) is 57.7 Å². The maximum Gasteiger partial charge on any atom is 0.250 e. The van der Waals surface area contributed by atoms with Crippen molar-refractivity contribution in [2.45, 2.75) is 19.8 Å². The molecule has 0 atom stereocenters. The number of benzene rings is 1. The molecule has 0 N–H and O–H groups in total. The first-order valence-electron chi connectivity index (χ1n) is 7.49. The Morgan fingerprint density at radius 2 is 2.05 bits per heavy atom. The molecule has 0 bridgehead atoms. The van der Waals surface area contributed by atoms with Gasteiger partial charge in [-0.15, -0.1) is 0 Å². The zero-order valence-electron chi connectivity index (χ0n) is 12.9. The lowest BCUT2D eigenvalue weighted by atomic mass is 10.2. The van der Waals surface area contributed by atoms with E-state index in [0.717, 1.165) is 18.7 Å². The van der Waals surface area contributed by atoms with Crippen LogP contribution in [0, 0.1) is 6.92 Å². The molecule has 1 fully saturated rings. The first-order chi connectivity index (χ1) is 10.6. The van der Waals surface area contributed by atoms with E-state index in [9.17, 15) is 4.79 Å². The molecule has 0 aliphatic carbocycles. The van der Waals surface area contributed by atoms with E-state index in [1.807, 2.05) is 48.0 Å². The van der Waals surface area contributed by atoms with Crippen LogP contribution < -0.4 is 4.90 Å². The number of carbonyl (C=O) groups excluding carboxylic acids is 1. The summed E-state index contributed by atoms with van der Waals surface area (Å²) in [5.74, 6) is 0.919. The second kappa shape index (κ2) is 6.13. The number of anilines is 1. The highest BCUT2D eigenvalue weighted by atomic mass is 16.2. The number of nitrogens with zero attached hydrogens (tertiary/aromatic N) is 6. The number of amides is 1. The third kappa shape index (κ3) is 2.93. The van der Waals surface area contributed by atoms with Crippen LogP contribution in [0.25, 0.3) is 5.69 Å². The van der Waals surface area contributed by atoms with E-state index in [0.29, 0.717) is 25.5 Å². The maximum absolute atomic E-state index is 11.7. The Bertz CT molecular complexity index is 650. The third-order valence-electron chi connectivity index (χ3n) is 3.95. The topological polar surface area (TPSA) is 67.2 Å². The van der Waals surface area contributed by atoms with Gasteiger partial charge in [0.1, 0.15) is 0 Å². The van der Waals surface area contributed by atoms with Crippen molar-refractivity contribution in [1.29, 1.82) is 0 Å². The lowest BCUT2D eigenvalue weighted by Gasteiger charge is -2.22. The molecule has 7 nitrogen and oxygen atoms in total. The zero-order valence-corrected chi connectivity index (χ0v) is 12.9. The monoisotopic (exact) mass is 300 g/mol. The van der Waals surface area contributed by atoms with Gasteiger partial charge < -0.3 is 9.80 Å². The fourth-order valence-electron chi connectivity index (χ4n) is 2.58. The van der Waals surface area contributed by atoms with Crippen molar-refractivity contribution in [3.63, 3.8) is 0 Å². The Morgan fingerprint density at radius 3 is 2.73 bits per heavy atom. The number of rotatable bonds is 5. The van der Waals surface area contributed by atoms with Crippen LogP contribution in [0.5, 0.6) is 0 Å². The summed E-state index contributed by atoms with van der Waals surface area (Å²) in [6.07, 6.45) is 1.63. The average molecular weight is 300 g/mol. The number of carbonyl (C=O) groups is 1. The van der Waals surface area contributed by atoms with Crippen LogP contribution in [-0.2, 0) is 4.79 Å². The molecular formula is C15H20N6O. The molecule has 1 aliphatic heterocycles. The Balaban J connectivity index is 1.70. The van der Waals surface area contributed by atoms with Crippen molar-refractivity contribution in [2.24, 2.45) is 0 Å². The van der Waals surface area contributed by atoms with E-state index in [2.05, 4.69) is 15.5 Å². The standard InChI is InChI=1S/C15H20N6O/c1-12-5-7-13(8-6-12)21-15(16-17-18-21)19(2)10-11-20-9-3-4-14(20)22/h5-8H,3-4,9-11H2,1-2H3. The van der Waals surface area contributed by atoms with Crippen LogP contribution in [0.2, 0.25) is 0 Å². The van der Waals surface area contributed by atoms with E-state index in [-0.39, 0.29) is 5.91 Å². The van der Waals surface area contributed by atoms with E-state index in [1.165, 1.54) is 5.56 Å². The highest BCUT2D eigenvalue weighted by molar-refractivity contribution is 5.78. The quantitative estimate of drug-likeness (QED) is 0.825. The van der Waals surface area contributed by atoms with Gasteiger partial charge >= 0.3 is 0 Å². The van der Waals surface area contributed by atoms with E-state index < -0.39 is 0 Å². The zero-order chi connectivity index (χ0) is 15.5. The molecule has 1 aromatic carbocycles. The SMILES string of the molecule is Cc1ccc(-n2nnnc2N(C)CCN2CCCC2=O)cc1. The third-order valence-corrected chi connectivity index (χ3v) is 3.95. The number of likely N-dealkylation sites (N-methyl/N-ethyl adjacent to an activating group) is 1. The van der Waals surface area contributed by atoms with Gasteiger partial charge in [-0.3, -0.25) is 4.79 Å². The Labute approximate surface area is 129 Å². The molecule has 0 saturated carbocycles. The summed E-state index contributed by atoms with van der Waals surface area (Å²) in [6.45, 7) is 4.31. The first kappa shape index (κ1) is 14.5. The van der Waals surface area contributed by atoms with Crippen molar-refractivity contribution in [3.8, 4) is 5.69 Å². The first-order valence-corrected chi connectivity index (χ1v) is 7.49. The average Bonchev–Trinajstić information content (AvgIpc) is 3.15. The van der Waals surface area contributed by atoms with Crippen LogP contribution in [0.4, 0.5) is 5.95 Å². The molecular weight excluding hydrogens is 280 g/mol. The summed E-state index contributed by atoms with van der Waals surface area (Å²) < 4.78 is 1.71. The fourth-order valence-corrected chi connectivity index (χ4v) is 2.58. The summed E-state index contributed by atoms with van der Waals surface area (Å²) in [7, 11) is 1.94. The molecule has 2 aromatic rings. The Morgan fingerprint density at radius 1 is 1.27 bits per heavy atom. The lowest BCUT2D eigenvalue weighted by Crippen LogP contribution is -2.35. The minimum Gasteiger partial charge on any atom is -0.341 e. The van der Waals surface area contributed by atoms with Crippen LogP contribution >= 0.6 is 0 Å². The van der Waals surface area contributed by atoms with E-state index in [1.54, 1.807) is 4.68 Å². The van der Waals surface area contributed by atoms with Crippen molar-refractivity contribution >= 4 is 11.9 Å². The molecule has 1 saturated heterocycles. The van der Waals surface area contributed by atoms with E-state index in [4.69, 9.17) is 0 Å². The minimum absolute atomic E-state index is 0.242. The number of tetrazole rings is 1. The lowest BCUT2D eigenvalue weighted by molar-refractivity contribution is -0.127. The Hall–Kier alpha value is -2.44. The van der Waals surface area contributed by atoms with Gasteiger partial charge in [0, 0.05) is 33.1 Å². The molecule has 0 spiro atoms. The summed E-state index contributed by atoms with van der Waals surface area (Å²) >= 11 is 0. The molecule has 1 aromatic heterocycles. The highest BCUT2D eigenvalue weighted by Gasteiger charge is 2.21. The molecule has 0 unspecified atom stereocenters. The molecule has 22 heavy (non-hydrogen) atoms. The summed E-state index contributed by atoms with van der Waals surface area (Å²) in [5, 5.41) is 11.9. The molecule has 0 radical (unpaired) electrons. The largest absolute Gasteiger partial charge is 0.341 e. The van der Waals surface area contributed by atoms with Crippen LogP contribution in [0.1, 0.15) is 18.4 Å². The highest BCUT2D eigenvalue weighted by Crippen LogP contribution is 2.15. The number of aryl methyl sites for hydroxylation is 1. The van der Waals surface area contributed by atoms with Crippen molar-refractivity contribution in [1.82, 2.24) is 25.1 Å². The number of aromatic nitrogens is 4. The fraction of sp³-hybridized carbons (Fsp3) is 0.467. The van der Waals surface area contributed by atoms with Gasteiger partial charge in [0.15, 0.2) is 0 Å². The van der Waals surface area contributed by atoms with Gasteiger partial charge in [-0.25, -0.2) is 0 Å². The smallest absolute Gasteiger partial charge is 0.250 e. The van der Waals surface area contributed by atoms with Gasteiger partial charge in [0.05, 0.1) is 5.69 Å². The number of hydrogen-bond acceptors (Lipinski definition) is 5. The molecule has 3 rings (SSSR count). The van der Waals surface area contributed by atoms with E-state index >= 15 is 0 Å². The molecule has 1 aliphatic rings. The van der Waals surface area contributed by atoms with Crippen molar-refractivity contribution < 1.29 is 4.79 Å². The second-order valence-corrected chi connectivity index (χ2v) is 5.63. The molecule has 2 heterocycles. The number of likely N-dealkylation sites (tertiary alicyclic amines) is 1. The van der Waals surface area contributed by atoms with Gasteiger partial charge in [-0.05, 0) is 35.9 Å². The predicted octanol–water partition coefficient (Wildman–Crippen LogP) is 1.03. The second-order valence-electron chi connectivity index (χ2n) is 5.63. The summed E-state index contributed by atoms with van der Waals surface area (Å²) in [5.41, 5.74) is 2.12. The maximum atomic E-state index is 11.7. The normalized spacial score (nSPS) is 14.6. The molecule has 7 heteroatoms. The minimum atomic E-state index is 0.242. The predicted molar refractivity (Wildman–Crippen MR) is 83.0 cm³/mol. The van der Waals surface area contributed by atoms with Crippen LogP contribution in [0.15, 0.2) is 24.3 Å². The van der Waals surface area contributed by atoms with Gasteiger partial charge in [0.25, 0.3) is 0 Å². The van der Waals surface area contributed by atoms with Crippen molar-refractivity contribution in [2.75, 3.05) is 31.6 Å². The van der Waals surface area contributed by atoms with Crippen molar-refractivity contribution in [3.05, 3.63) is 29.8 Å². The van der Waals surface area contributed by atoms with Gasteiger partial charge in [-0.1, -0.05) is 22.8 Å². The van der Waals surface area contributed by atoms with Gasteiger partial charge in [-0.2, -0.15) is 4.68 Å².